The van der Waals surface area contributed by atoms with Crippen LogP contribution in [0.1, 0.15) is 50.7 Å². The van der Waals surface area contributed by atoms with E-state index in [1.807, 2.05) is 0 Å². The molecule has 2 rings (SSSR count). The minimum Gasteiger partial charge on any atom is -0.497 e. The van der Waals surface area contributed by atoms with Gasteiger partial charge >= 0.3 is 0 Å². The van der Waals surface area contributed by atoms with Crippen molar-refractivity contribution in [3.05, 3.63) is 29.6 Å². The Morgan fingerprint density at radius 3 is 2.84 bits per heavy atom. The van der Waals surface area contributed by atoms with Crippen LogP contribution >= 0.6 is 0 Å². The first-order chi connectivity index (χ1) is 9.15. The number of aliphatic hydroxyl groups is 1. The van der Waals surface area contributed by atoms with Crippen LogP contribution in [0.2, 0.25) is 0 Å². The van der Waals surface area contributed by atoms with Gasteiger partial charge in [-0.25, -0.2) is 4.39 Å². The third kappa shape index (κ3) is 3.27. The lowest BCUT2D eigenvalue weighted by Gasteiger charge is -2.32. The van der Waals surface area contributed by atoms with Crippen molar-refractivity contribution in [1.82, 2.24) is 0 Å². The van der Waals surface area contributed by atoms with Crippen molar-refractivity contribution in [2.24, 2.45) is 11.8 Å². The molecular formula is C16H23FO2. The van der Waals surface area contributed by atoms with Gasteiger partial charge in [-0.15, -0.1) is 0 Å². The first-order valence-corrected chi connectivity index (χ1v) is 7.17. The summed E-state index contributed by atoms with van der Waals surface area (Å²) in [5, 5.41) is 10.4. The highest BCUT2D eigenvalue weighted by Crippen LogP contribution is 2.39. The molecule has 0 saturated heterocycles. The predicted octanol–water partition coefficient (Wildman–Crippen LogP) is 4.08. The molecule has 1 N–H and O–H groups in total. The average molecular weight is 266 g/mol. The SMILES string of the molecule is CCC1CCCC(C(O)c2ccc(OC)cc2F)C1. The second-order valence-electron chi connectivity index (χ2n) is 5.53. The summed E-state index contributed by atoms with van der Waals surface area (Å²) in [4.78, 5) is 0. The zero-order chi connectivity index (χ0) is 13.8. The monoisotopic (exact) mass is 266 g/mol. The predicted molar refractivity (Wildman–Crippen MR) is 73.7 cm³/mol. The Morgan fingerprint density at radius 1 is 1.42 bits per heavy atom. The fourth-order valence-electron chi connectivity index (χ4n) is 3.12. The van der Waals surface area contributed by atoms with Gasteiger partial charge in [0.2, 0.25) is 0 Å². The molecule has 0 aliphatic heterocycles. The van der Waals surface area contributed by atoms with Crippen LogP contribution < -0.4 is 4.74 Å². The summed E-state index contributed by atoms with van der Waals surface area (Å²) in [6.07, 6.45) is 4.82. The zero-order valence-electron chi connectivity index (χ0n) is 11.7. The van der Waals surface area contributed by atoms with Crippen molar-refractivity contribution in [3.8, 4) is 5.75 Å². The Labute approximate surface area is 114 Å². The maximum atomic E-state index is 14.0. The number of ether oxygens (including phenoxy) is 1. The Bertz CT molecular complexity index is 419. The molecule has 1 aliphatic carbocycles. The van der Waals surface area contributed by atoms with E-state index >= 15 is 0 Å². The molecule has 1 aromatic carbocycles. The van der Waals surface area contributed by atoms with Crippen LogP contribution in [-0.4, -0.2) is 12.2 Å². The molecule has 0 heterocycles. The van der Waals surface area contributed by atoms with E-state index in [-0.39, 0.29) is 11.7 Å². The van der Waals surface area contributed by atoms with E-state index in [4.69, 9.17) is 4.74 Å². The van der Waals surface area contributed by atoms with Gasteiger partial charge in [0, 0.05) is 11.6 Å². The molecule has 1 aliphatic rings. The first kappa shape index (κ1) is 14.3. The number of halogens is 1. The van der Waals surface area contributed by atoms with E-state index in [0.29, 0.717) is 17.2 Å². The van der Waals surface area contributed by atoms with Crippen molar-refractivity contribution < 1.29 is 14.2 Å². The smallest absolute Gasteiger partial charge is 0.132 e. The van der Waals surface area contributed by atoms with Crippen LogP contribution in [0.4, 0.5) is 4.39 Å². The summed E-state index contributed by atoms with van der Waals surface area (Å²) >= 11 is 0. The van der Waals surface area contributed by atoms with Gasteiger partial charge < -0.3 is 9.84 Å². The minimum atomic E-state index is -0.694. The molecule has 0 radical (unpaired) electrons. The number of hydrogen-bond acceptors (Lipinski definition) is 2. The van der Waals surface area contributed by atoms with Gasteiger partial charge in [0.15, 0.2) is 0 Å². The lowest BCUT2D eigenvalue weighted by Crippen LogP contribution is -2.22. The number of rotatable bonds is 4. The number of aliphatic hydroxyl groups excluding tert-OH is 1. The molecule has 1 saturated carbocycles. The topological polar surface area (TPSA) is 29.5 Å². The highest BCUT2D eigenvalue weighted by Gasteiger charge is 2.29. The summed E-state index contributed by atoms with van der Waals surface area (Å²) in [5.41, 5.74) is 0.405. The Balaban J connectivity index is 2.12. The summed E-state index contributed by atoms with van der Waals surface area (Å²) in [6, 6.07) is 4.70. The van der Waals surface area contributed by atoms with Crippen molar-refractivity contribution in [1.29, 1.82) is 0 Å². The Hall–Kier alpha value is -1.09. The quantitative estimate of drug-likeness (QED) is 0.889. The standard InChI is InChI=1S/C16H23FO2/c1-3-11-5-4-6-12(9-11)16(18)14-8-7-13(19-2)10-15(14)17/h7-8,10-12,16,18H,3-6,9H2,1-2H3. The van der Waals surface area contributed by atoms with Crippen LogP contribution in [0.15, 0.2) is 18.2 Å². The molecular weight excluding hydrogens is 243 g/mol. The number of benzene rings is 1. The fraction of sp³-hybridized carbons (Fsp3) is 0.625. The second-order valence-corrected chi connectivity index (χ2v) is 5.53. The molecule has 2 nitrogen and oxygen atoms in total. The first-order valence-electron chi connectivity index (χ1n) is 7.17. The average Bonchev–Trinajstić information content (AvgIpc) is 2.46. The van der Waals surface area contributed by atoms with Crippen LogP contribution in [0.25, 0.3) is 0 Å². The molecule has 3 heteroatoms. The summed E-state index contributed by atoms with van der Waals surface area (Å²) in [6.45, 7) is 2.19. The molecule has 3 atom stereocenters. The zero-order valence-corrected chi connectivity index (χ0v) is 11.7. The number of hydrogen-bond donors (Lipinski definition) is 1. The fourth-order valence-corrected chi connectivity index (χ4v) is 3.12. The number of methoxy groups -OCH3 is 1. The lowest BCUT2D eigenvalue weighted by molar-refractivity contribution is 0.0649. The molecule has 106 valence electrons. The van der Waals surface area contributed by atoms with Gasteiger partial charge in [-0.2, -0.15) is 0 Å². The Morgan fingerprint density at radius 2 is 2.21 bits per heavy atom. The third-order valence-electron chi connectivity index (χ3n) is 4.37. The van der Waals surface area contributed by atoms with E-state index in [1.165, 1.54) is 19.6 Å². The summed E-state index contributed by atoms with van der Waals surface area (Å²) in [7, 11) is 1.51. The normalized spacial score (nSPS) is 25.1. The molecule has 0 bridgehead atoms. The summed E-state index contributed by atoms with van der Waals surface area (Å²) < 4.78 is 19.0. The van der Waals surface area contributed by atoms with E-state index in [0.717, 1.165) is 25.7 Å². The molecule has 19 heavy (non-hydrogen) atoms. The van der Waals surface area contributed by atoms with E-state index in [1.54, 1.807) is 12.1 Å². The highest BCUT2D eigenvalue weighted by molar-refractivity contribution is 5.30. The van der Waals surface area contributed by atoms with Gasteiger partial charge in [0.1, 0.15) is 11.6 Å². The van der Waals surface area contributed by atoms with Gasteiger partial charge in [-0.1, -0.05) is 26.2 Å². The van der Waals surface area contributed by atoms with Gasteiger partial charge in [0.25, 0.3) is 0 Å². The molecule has 0 spiro atoms. The molecule has 3 unspecified atom stereocenters. The van der Waals surface area contributed by atoms with Crippen LogP contribution in [-0.2, 0) is 0 Å². The van der Waals surface area contributed by atoms with Gasteiger partial charge in [0.05, 0.1) is 13.2 Å². The molecule has 0 amide bonds. The summed E-state index contributed by atoms with van der Waals surface area (Å²) in [5.74, 6) is 0.977. The van der Waals surface area contributed by atoms with Crippen molar-refractivity contribution >= 4 is 0 Å². The molecule has 0 aromatic heterocycles. The lowest BCUT2D eigenvalue weighted by atomic mass is 9.76. The van der Waals surface area contributed by atoms with Crippen LogP contribution in [0.5, 0.6) is 5.75 Å². The van der Waals surface area contributed by atoms with Crippen molar-refractivity contribution in [2.45, 2.75) is 45.1 Å². The van der Waals surface area contributed by atoms with Crippen molar-refractivity contribution in [2.75, 3.05) is 7.11 Å². The maximum absolute atomic E-state index is 14.0. The third-order valence-corrected chi connectivity index (χ3v) is 4.37. The van der Waals surface area contributed by atoms with E-state index in [9.17, 15) is 9.50 Å². The van der Waals surface area contributed by atoms with Crippen molar-refractivity contribution in [3.63, 3.8) is 0 Å². The maximum Gasteiger partial charge on any atom is 0.132 e. The molecule has 1 aromatic rings. The van der Waals surface area contributed by atoms with Gasteiger partial charge in [-0.3, -0.25) is 0 Å². The molecule has 1 fully saturated rings. The van der Waals surface area contributed by atoms with E-state index in [2.05, 4.69) is 6.92 Å². The second kappa shape index (κ2) is 6.38. The Kier molecular flexibility index (Phi) is 4.81. The highest BCUT2D eigenvalue weighted by atomic mass is 19.1. The van der Waals surface area contributed by atoms with Crippen LogP contribution in [0, 0.1) is 17.7 Å². The van der Waals surface area contributed by atoms with Gasteiger partial charge in [-0.05, 0) is 36.8 Å². The van der Waals surface area contributed by atoms with E-state index < -0.39 is 6.10 Å². The largest absolute Gasteiger partial charge is 0.497 e. The minimum absolute atomic E-state index is 0.182. The van der Waals surface area contributed by atoms with Crippen LogP contribution in [0.3, 0.4) is 0 Å².